The van der Waals surface area contributed by atoms with Crippen LogP contribution in [-0.2, 0) is 6.54 Å². The van der Waals surface area contributed by atoms with Crippen molar-refractivity contribution in [3.63, 3.8) is 0 Å². The Labute approximate surface area is 135 Å². The van der Waals surface area contributed by atoms with Gasteiger partial charge in [-0.2, -0.15) is 0 Å². The van der Waals surface area contributed by atoms with Gasteiger partial charge in [-0.15, -0.1) is 0 Å². The van der Waals surface area contributed by atoms with Crippen molar-refractivity contribution >= 4 is 6.03 Å². The van der Waals surface area contributed by atoms with Gasteiger partial charge in [0.05, 0.1) is 19.4 Å². The Balaban J connectivity index is 1.54. The van der Waals surface area contributed by atoms with Crippen LogP contribution in [0.5, 0.6) is 11.5 Å². The molecular weight excluding hydrogens is 296 g/mol. The van der Waals surface area contributed by atoms with Crippen molar-refractivity contribution < 1.29 is 18.7 Å². The summed E-state index contributed by atoms with van der Waals surface area (Å²) in [6.45, 7) is 3.79. The number of carbonyl (C=O) groups excluding carboxylic acids is 1. The summed E-state index contributed by atoms with van der Waals surface area (Å²) in [6, 6.07) is 11.0. The molecule has 0 aliphatic carbocycles. The second-order valence-corrected chi connectivity index (χ2v) is 5.27. The van der Waals surface area contributed by atoms with Crippen molar-refractivity contribution in [2.75, 3.05) is 19.7 Å². The summed E-state index contributed by atoms with van der Waals surface area (Å²) >= 11 is 0. The van der Waals surface area contributed by atoms with Gasteiger partial charge in [0.25, 0.3) is 0 Å². The molecule has 3 rings (SSSR count). The minimum atomic E-state index is -0.181. The summed E-state index contributed by atoms with van der Waals surface area (Å²) in [4.78, 5) is 14.0. The zero-order valence-electron chi connectivity index (χ0n) is 13.0. The van der Waals surface area contributed by atoms with Crippen molar-refractivity contribution in [3.8, 4) is 11.5 Å². The van der Waals surface area contributed by atoms with E-state index in [-0.39, 0.29) is 12.1 Å². The summed E-state index contributed by atoms with van der Waals surface area (Å²) in [6.07, 6.45) is 1.41. The highest BCUT2D eigenvalue weighted by Gasteiger charge is 2.24. The van der Waals surface area contributed by atoms with E-state index >= 15 is 0 Å². The second-order valence-electron chi connectivity index (χ2n) is 5.27. The van der Waals surface area contributed by atoms with Gasteiger partial charge in [0, 0.05) is 6.54 Å². The molecule has 0 spiro atoms. The third kappa shape index (κ3) is 3.77. The lowest BCUT2D eigenvalue weighted by molar-refractivity contribution is 0.0674. The predicted octanol–water partition coefficient (Wildman–Crippen LogP) is 2.65. The standard InChI is InChI=1S/C17H20N2O4/c1-2-19(17(20)18-10-13-6-5-9-21-13)11-14-12-22-15-7-3-4-8-16(15)23-14/h3-9,14H,2,10-12H2,1H3,(H,18,20)/t14-/m1/s1. The number of rotatable bonds is 5. The first-order chi connectivity index (χ1) is 11.3. The van der Waals surface area contributed by atoms with Crippen molar-refractivity contribution in [1.29, 1.82) is 0 Å². The van der Waals surface area contributed by atoms with Crippen molar-refractivity contribution in [2.45, 2.75) is 19.6 Å². The van der Waals surface area contributed by atoms with Gasteiger partial charge in [-0.25, -0.2) is 4.79 Å². The molecule has 1 aliphatic rings. The molecule has 0 radical (unpaired) electrons. The number of ether oxygens (including phenoxy) is 2. The van der Waals surface area contributed by atoms with Gasteiger partial charge in [0.1, 0.15) is 12.4 Å². The Kier molecular flexibility index (Phi) is 4.71. The number of amides is 2. The molecule has 0 unspecified atom stereocenters. The zero-order valence-corrected chi connectivity index (χ0v) is 13.0. The maximum atomic E-state index is 12.3. The fraction of sp³-hybridized carbons (Fsp3) is 0.353. The van der Waals surface area contributed by atoms with Crippen molar-refractivity contribution in [1.82, 2.24) is 10.2 Å². The van der Waals surface area contributed by atoms with Crippen LogP contribution >= 0.6 is 0 Å². The number of para-hydroxylation sites is 2. The van der Waals surface area contributed by atoms with Crippen LogP contribution in [0.15, 0.2) is 47.1 Å². The van der Waals surface area contributed by atoms with E-state index in [4.69, 9.17) is 13.9 Å². The lowest BCUT2D eigenvalue weighted by Gasteiger charge is -2.30. The van der Waals surface area contributed by atoms with Gasteiger partial charge in [-0.05, 0) is 31.2 Å². The number of furan rings is 1. The first-order valence-corrected chi connectivity index (χ1v) is 7.70. The van der Waals surface area contributed by atoms with Crippen LogP contribution in [0.4, 0.5) is 4.79 Å². The molecule has 23 heavy (non-hydrogen) atoms. The number of hydrogen-bond acceptors (Lipinski definition) is 4. The van der Waals surface area contributed by atoms with E-state index in [1.54, 1.807) is 17.2 Å². The lowest BCUT2D eigenvalue weighted by Crippen LogP contribution is -2.47. The lowest BCUT2D eigenvalue weighted by atomic mass is 10.2. The fourth-order valence-corrected chi connectivity index (χ4v) is 2.44. The van der Waals surface area contributed by atoms with Crippen LogP contribution in [0, 0.1) is 0 Å². The molecule has 122 valence electrons. The number of fused-ring (bicyclic) bond motifs is 1. The molecule has 2 aromatic rings. The summed E-state index contributed by atoms with van der Waals surface area (Å²) in [5.41, 5.74) is 0. The first kappa shape index (κ1) is 15.3. The third-order valence-corrected chi connectivity index (χ3v) is 3.65. The smallest absolute Gasteiger partial charge is 0.317 e. The summed E-state index contributed by atoms with van der Waals surface area (Å²) < 4.78 is 16.8. The number of hydrogen-bond donors (Lipinski definition) is 1. The number of likely N-dealkylation sites (N-methyl/N-ethyl adjacent to an activating group) is 1. The van der Waals surface area contributed by atoms with E-state index in [0.29, 0.717) is 26.2 Å². The minimum absolute atomic E-state index is 0.147. The van der Waals surface area contributed by atoms with Crippen LogP contribution in [0.25, 0.3) is 0 Å². The Morgan fingerprint density at radius 1 is 1.26 bits per heavy atom. The quantitative estimate of drug-likeness (QED) is 0.921. The number of nitrogens with zero attached hydrogens (tertiary/aromatic N) is 1. The zero-order chi connectivity index (χ0) is 16.1. The normalized spacial score (nSPS) is 16.0. The monoisotopic (exact) mass is 316 g/mol. The van der Waals surface area contributed by atoms with Crippen LogP contribution < -0.4 is 14.8 Å². The molecule has 0 saturated carbocycles. The predicted molar refractivity (Wildman–Crippen MR) is 84.5 cm³/mol. The molecule has 1 aliphatic heterocycles. The fourth-order valence-electron chi connectivity index (χ4n) is 2.44. The Morgan fingerprint density at radius 2 is 2.09 bits per heavy atom. The van der Waals surface area contributed by atoms with Crippen LogP contribution in [0.1, 0.15) is 12.7 Å². The van der Waals surface area contributed by atoms with Gasteiger partial charge >= 0.3 is 6.03 Å². The van der Waals surface area contributed by atoms with E-state index < -0.39 is 0 Å². The Morgan fingerprint density at radius 3 is 2.83 bits per heavy atom. The van der Waals surface area contributed by atoms with Crippen LogP contribution in [-0.4, -0.2) is 36.7 Å². The maximum Gasteiger partial charge on any atom is 0.317 e. The van der Waals surface area contributed by atoms with E-state index in [2.05, 4.69) is 5.32 Å². The van der Waals surface area contributed by atoms with Crippen LogP contribution in [0.3, 0.4) is 0 Å². The highest BCUT2D eigenvalue weighted by molar-refractivity contribution is 5.74. The van der Waals surface area contributed by atoms with Gasteiger partial charge in [0.2, 0.25) is 0 Å². The molecule has 1 N–H and O–H groups in total. The van der Waals surface area contributed by atoms with E-state index in [0.717, 1.165) is 17.3 Å². The molecule has 2 amide bonds. The summed E-state index contributed by atoms with van der Waals surface area (Å²) in [5.74, 6) is 2.19. The van der Waals surface area contributed by atoms with Crippen molar-refractivity contribution in [2.24, 2.45) is 0 Å². The Hall–Kier alpha value is -2.63. The summed E-state index contributed by atoms with van der Waals surface area (Å²) in [5, 5.41) is 2.84. The molecule has 1 atom stereocenters. The Bertz CT molecular complexity index is 642. The SMILES string of the molecule is CCN(C[C@@H]1COc2ccccc2O1)C(=O)NCc1ccco1. The highest BCUT2D eigenvalue weighted by Crippen LogP contribution is 2.30. The average molecular weight is 316 g/mol. The van der Waals surface area contributed by atoms with Gasteiger partial charge in [-0.3, -0.25) is 0 Å². The molecule has 1 aromatic heterocycles. The topological polar surface area (TPSA) is 63.9 Å². The summed E-state index contributed by atoms with van der Waals surface area (Å²) in [7, 11) is 0. The molecular formula is C17H20N2O4. The van der Waals surface area contributed by atoms with Gasteiger partial charge < -0.3 is 24.1 Å². The maximum absolute atomic E-state index is 12.3. The number of benzene rings is 1. The van der Waals surface area contributed by atoms with Crippen LogP contribution in [0.2, 0.25) is 0 Å². The molecule has 6 nitrogen and oxygen atoms in total. The number of carbonyl (C=O) groups is 1. The molecule has 0 fully saturated rings. The minimum Gasteiger partial charge on any atom is -0.486 e. The second kappa shape index (κ2) is 7.09. The molecule has 1 aromatic carbocycles. The third-order valence-electron chi connectivity index (χ3n) is 3.65. The molecule has 2 heterocycles. The molecule has 0 bridgehead atoms. The molecule has 0 saturated heterocycles. The molecule has 6 heteroatoms. The van der Waals surface area contributed by atoms with Gasteiger partial charge in [-0.1, -0.05) is 12.1 Å². The van der Waals surface area contributed by atoms with E-state index in [1.165, 1.54) is 0 Å². The van der Waals surface area contributed by atoms with Crippen molar-refractivity contribution in [3.05, 3.63) is 48.4 Å². The average Bonchev–Trinajstić information content (AvgIpc) is 3.11. The van der Waals surface area contributed by atoms with Gasteiger partial charge in [0.15, 0.2) is 17.6 Å². The largest absolute Gasteiger partial charge is 0.486 e. The van der Waals surface area contributed by atoms with E-state index in [1.807, 2.05) is 37.3 Å². The number of nitrogens with one attached hydrogen (secondary N) is 1. The first-order valence-electron chi connectivity index (χ1n) is 7.70. The highest BCUT2D eigenvalue weighted by atomic mass is 16.6. The number of urea groups is 1. The van der Waals surface area contributed by atoms with E-state index in [9.17, 15) is 4.79 Å².